The number of carbonyl (C=O) groups excluding carboxylic acids is 1. The van der Waals surface area contributed by atoms with E-state index in [0.29, 0.717) is 19.7 Å². The Morgan fingerprint density at radius 2 is 2.44 bits per heavy atom. The fourth-order valence-electron chi connectivity index (χ4n) is 1.22. The number of thiophene rings is 1. The molecule has 0 bridgehead atoms. The monoisotopic (exact) mass is 242 g/mol. The molecule has 90 valence electrons. The molecule has 0 aromatic carbocycles. The van der Waals surface area contributed by atoms with Crippen LogP contribution in [0.2, 0.25) is 0 Å². The van der Waals surface area contributed by atoms with Gasteiger partial charge in [0.15, 0.2) is 0 Å². The van der Waals surface area contributed by atoms with Crippen molar-refractivity contribution >= 4 is 17.2 Å². The first-order chi connectivity index (χ1) is 7.83. The van der Waals surface area contributed by atoms with Gasteiger partial charge in [-0.3, -0.25) is 4.79 Å². The Labute approximate surface area is 100 Å². The highest BCUT2D eigenvalue weighted by atomic mass is 32.1. The lowest BCUT2D eigenvalue weighted by Crippen LogP contribution is -2.34. The van der Waals surface area contributed by atoms with Gasteiger partial charge in [-0.25, -0.2) is 0 Å². The van der Waals surface area contributed by atoms with Crippen LogP contribution in [-0.2, 0) is 16.1 Å². The number of rotatable bonds is 8. The quantitative estimate of drug-likeness (QED) is 0.668. The molecular formula is C11H18N2O2S. The van der Waals surface area contributed by atoms with Crippen molar-refractivity contribution in [1.82, 2.24) is 10.6 Å². The molecule has 0 radical (unpaired) electrons. The van der Waals surface area contributed by atoms with Gasteiger partial charge in [0.1, 0.15) is 0 Å². The number of methoxy groups -OCH3 is 1. The molecule has 0 aliphatic carbocycles. The third kappa shape index (κ3) is 5.85. The molecule has 1 aromatic rings. The van der Waals surface area contributed by atoms with E-state index < -0.39 is 0 Å². The molecule has 1 heterocycles. The summed E-state index contributed by atoms with van der Waals surface area (Å²) in [6.07, 6.45) is 0.854. The van der Waals surface area contributed by atoms with Gasteiger partial charge in [-0.05, 0) is 17.9 Å². The highest BCUT2D eigenvalue weighted by molar-refractivity contribution is 7.09. The standard InChI is InChI=1S/C11H18N2O2S/c1-15-6-3-5-13-11(14)9-12-8-10-4-2-7-16-10/h2,4,7,12H,3,5-6,8-9H2,1H3,(H,13,14). The Morgan fingerprint density at radius 3 is 3.12 bits per heavy atom. The summed E-state index contributed by atoms with van der Waals surface area (Å²) in [4.78, 5) is 12.6. The third-order valence-corrected chi connectivity index (χ3v) is 2.89. The van der Waals surface area contributed by atoms with Crippen LogP contribution in [0, 0.1) is 0 Å². The summed E-state index contributed by atoms with van der Waals surface area (Å²) >= 11 is 1.69. The number of hydrogen-bond donors (Lipinski definition) is 2. The van der Waals surface area contributed by atoms with Crippen LogP contribution in [0.25, 0.3) is 0 Å². The largest absolute Gasteiger partial charge is 0.385 e. The fraction of sp³-hybridized carbons (Fsp3) is 0.545. The van der Waals surface area contributed by atoms with Gasteiger partial charge in [-0.1, -0.05) is 6.07 Å². The molecule has 1 amide bonds. The van der Waals surface area contributed by atoms with Crippen LogP contribution in [0.5, 0.6) is 0 Å². The highest BCUT2D eigenvalue weighted by Gasteiger charge is 2.00. The van der Waals surface area contributed by atoms with E-state index >= 15 is 0 Å². The van der Waals surface area contributed by atoms with Crippen LogP contribution in [0.1, 0.15) is 11.3 Å². The van der Waals surface area contributed by atoms with Gasteiger partial charge in [0.05, 0.1) is 6.54 Å². The Balaban J connectivity index is 1.98. The van der Waals surface area contributed by atoms with Crippen LogP contribution in [-0.4, -0.2) is 32.7 Å². The van der Waals surface area contributed by atoms with Crippen LogP contribution in [0.4, 0.5) is 0 Å². The Bertz CT molecular complexity index is 288. The van der Waals surface area contributed by atoms with Crippen LogP contribution < -0.4 is 10.6 Å². The first-order valence-corrected chi connectivity index (χ1v) is 6.19. The minimum Gasteiger partial charge on any atom is -0.385 e. The van der Waals surface area contributed by atoms with Gasteiger partial charge in [0, 0.05) is 31.7 Å². The molecule has 5 heteroatoms. The topological polar surface area (TPSA) is 50.4 Å². The number of ether oxygens (including phenoxy) is 1. The van der Waals surface area contributed by atoms with Crippen molar-refractivity contribution in [1.29, 1.82) is 0 Å². The lowest BCUT2D eigenvalue weighted by molar-refractivity contribution is -0.120. The molecule has 4 nitrogen and oxygen atoms in total. The summed E-state index contributed by atoms with van der Waals surface area (Å²) in [6, 6.07) is 4.06. The summed E-state index contributed by atoms with van der Waals surface area (Å²) in [5, 5.41) is 7.94. The van der Waals surface area contributed by atoms with Crippen LogP contribution >= 0.6 is 11.3 Å². The fourth-order valence-corrected chi connectivity index (χ4v) is 1.89. The predicted octanol–water partition coefficient (Wildman–Crippen LogP) is 0.990. The molecule has 2 N–H and O–H groups in total. The van der Waals surface area contributed by atoms with E-state index in [0.717, 1.165) is 13.0 Å². The maximum Gasteiger partial charge on any atom is 0.233 e. The van der Waals surface area contributed by atoms with Crippen molar-refractivity contribution in [2.24, 2.45) is 0 Å². The molecule has 0 unspecified atom stereocenters. The lowest BCUT2D eigenvalue weighted by Gasteiger charge is -2.05. The summed E-state index contributed by atoms with van der Waals surface area (Å²) in [6.45, 7) is 2.48. The maximum atomic E-state index is 11.3. The molecule has 16 heavy (non-hydrogen) atoms. The summed E-state index contributed by atoms with van der Waals surface area (Å²) in [5.74, 6) is 0.0349. The van der Waals surface area contributed by atoms with E-state index in [-0.39, 0.29) is 5.91 Å². The van der Waals surface area contributed by atoms with Crippen molar-refractivity contribution < 1.29 is 9.53 Å². The van der Waals surface area contributed by atoms with E-state index in [9.17, 15) is 4.79 Å². The molecule has 0 fully saturated rings. The average molecular weight is 242 g/mol. The zero-order valence-electron chi connectivity index (χ0n) is 9.49. The average Bonchev–Trinajstić information content (AvgIpc) is 2.77. The van der Waals surface area contributed by atoms with Crippen LogP contribution in [0.15, 0.2) is 17.5 Å². The number of nitrogens with one attached hydrogen (secondary N) is 2. The lowest BCUT2D eigenvalue weighted by atomic mass is 10.4. The second kappa shape index (κ2) is 8.27. The van der Waals surface area contributed by atoms with Crippen molar-refractivity contribution in [3.8, 4) is 0 Å². The Morgan fingerprint density at radius 1 is 1.56 bits per heavy atom. The maximum absolute atomic E-state index is 11.3. The molecule has 0 spiro atoms. The molecule has 0 aliphatic heterocycles. The number of hydrogen-bond acceptors (Lipinski definition) is 4. The number of carbonyl (C=O) groups is 1. The molecule has 1 rings (SSSR count). The van der Waals surface area contributed by atoms with Gasteiger partial charge < -0.3 is 15.4 Å². The summed E-state index contributed by atoms with van der Waals surface area (Å²) < 4.78 is 4.89. The second-order valence-corrected chi connectivity index (χ2v) is 4.41. The first-order valence-electron chi connectivity index (χ1n) is 5.31. The third-order valence-electron chi connectivity index (χ3n) is 2.01. The zero-order valence-corrected chi connectivity index (χ0v) is 10.3. The van der Waals surface area contributed by atoms with E-state index in [1.165, 1.54) is 4.88 Å². The highest BCUT2D eigenvalue weighted by Crippen LogP contribution is 2.06. The molecule has 1 aromatic heterocycles. The van der Waals surface area contributed by atoms with E-state index in [4.69, 9.17) is 4.74 Å². The van der Waals surface area contributed by atoms with Gasteiger partial charge >= 0.3 is 0 Å². The van der Waals surface area contributed by atoms with E-state index in [2.05, 4.69) is 10.6 Å². The van der Waals surface area contributed by atoms with Gasteiger partial charge in [0.25, 0.3) is 0 Å². The Kier molecular flexibility index (Phi) is 6.80. The van der Waals surface area contributed by atoms with Crippen molar-refractivity contribution in [2.75, 3.05) is 26.8 Å². The van der Waals surface area contributed by atoms with Crippen LogP contribution in [0.3, 0.4) is 0 Å². The molecule has 0 saturated heterocycles. The molecule has 0 atom stereocenters. The molecule has 0 saturated carbocycles. The van der Waals surface area contributed by atoms with Crippen molar-refractivity contribution in [3.63, 3.8) is 0 Å². The normalized spacial score (nSPS) is 10.3. The minimum absolute atomic E-state index is 0.0349. The van der Waals surface area contributed by atoms with Crippen molar-refractivity contribution in [2.45, 2.75) is 13.0 Å². The van der Waals surface area contributed by atoms with Crippen molar-refractivity contribution in [3.05, 3.63) is 22.4 Å². The zero-order chi connectivity index (χ0) is 11.6. The minimum atomic E-state index is 0.0349. The van der Waals surface area contributed by atoms with Gasteiger partial charge in [-0.2, -0.15) is 0 Å². The first kappa shape index (κ1) is 13.2. The second-order valence-electron chi connectivity index (χ2n) is 3.38. The SMILES string of the molecule is COCCCNC(=O)CNCc1cccs1. The smallest absolute Gasteiger partial charge is 0.233 e. The predicted molar refractivity (Wildman–Crippen MR) is 65.5 cm³/mol. The molecular weight excluding hydrogens is 224 g/mol. The number of amides is 1. The summed E-state index contributed by atoms with van der Waals surface area (Å²) in [5.41, 5.74) is 0. The van der Waals surface area contributed by atoms with E-state index in [1.54, 1.807) is 18.4 Å². The molecule has 0 aliphatic rings. The Hall–Kier alpha value is -0.910. The van der Waals surface area contributed by atoms with E-state index in [1.807, 2.05) is 17.5 Å². The summed E-state index contributed by atoms with van der Waals surface area (Å²) in [7, 11) is 1.66. The van der Waals surface area contributed by atoms with Gasteiger partial charge in [0.2, 0.25) is 5.91 Å². The van der Waals surface area contributed by atoms with Gasteiger partial charge in [-0.15, -0.1) is 11.3 Å².